The molecule has 0 rings (SSSR count). The Kier molecular flexibility index (Phi) is 20.1. The number of rotatable bonds is 13. The third-order valence-corrected chi connectivity index (χ3v) is 3.47. The summed E-state index contributed by atoms with van der Waals surface area (Å²) in [7, 11) is 0. The van der Waals surface area contributed by atoms with Gasteiger partial charge in [0.25, 0.3) is 0 Å². The van der Waals surface area contributed by atoms with Crippen LogP contribution in [0.3, 0.4) is 0 Å². The molecule has 0 heterocycles. The van der Waals surface area contributed by atoms with Crippen molar-refractivity contribution >= 4 is 17.3 Å². The minimum absolute atomic E-state index is 0. The van der Waals surface area contributed by atoms with Crippen LogP contribution < -0.4 is 29.6 Å². The summed E-state index contributed by atoms with van der Waals surface area (Å²) in [6.07, 6.45) is 13.5. The molecule has 0 fully saturated rings. The molecule has 6 heteroatoms. The Morgan fingerprint density at radius 1 is 0.950 bits per heavy atom. The third kappa shape index (κ3) is 18.6. The van der Waals surface area contributed by atoms with Crippen molar-refractivity contribution in [3.8, 4) is 0 Å². The molecule has 4 nitrogen and oxygen atoms in total. The fourth-order valence-electron chi connectivity index (χ4n) is 2.05. The molecule has 0 aliphatic heterocycles. The van der Waals surface area contributed by atoms with E-state index in [1.54, 1.807) is 0 Å². The Morgan fingerprint density at radius 3 is 1.75 bits per heavy atom. The summed E-state index contributed by atoms with van der Waals surface area (Å²) in [5.41, 5.74) is 0. The van der Waals surface area contributed by atoms with Crippen molar-refractivity contribution in [2.24, 2.45) is 0 Å². The van der Waals surface area contributed by atoms with Crippen molar-refractivity contribution in [1.29, 1.82) is 0 Å². The van der Waals surface area contributed by atoms with Gasteiger partial charge in [0, 0.05) is 6.42 Å². The summed E-state index contributed by atoms with van der Waals surface area (Å²) in [6.45, 7) is 2.23. The van der Waals surface area contributed by atoms with Gasteiger partial charge in [-0.2, -0.15) is 0 Å². The molecule has 20 heavy (non-hydrogen) atoms. The standard InChI is InChI=1S/C14H28O4S.Na.H/c1-2-3-4-5-6-7-8-9-10-11-12-13-14(15)18-19(16)17;;/h2-13H2,1H3,(H,16,17);;/q;+1;-1/p-1. The van der Waals surface area contributed by atoms with Crippen LogP contribution in [0.4, 0.5) is 0 Å². The zero-order valence-electron chi connectivity index (χ0n) is 14.0. The summed E-state index contributed by atoms with van der Waals surface area (Å²) >= 11 is -2.71. The van der Waals surface area contributed by atoms with Crippen molar-refractivity contribution in [3.63, 3.8) is 0 Å². The Balaban J connectivity index is -0.00000162. The number of carbonyl (C=O) groups is 1. The van der Waals surface area contributed by atoms with E-state index in [1.807, 2.05) is 0 Å². The average molecular weight is 315 g/mol. The van der Waals surface area contributed by atoms with Gasteiger partial charge in [0.2, 0.25) is 0 Å². The molecule has 0 spiro atoms. The molecule has 0 aromatic carbocycles. The van der Waals surface area contributed by atoms with Crippen LogP contribution in [0.5, 0.6) is 0 Å². The minimum Gasteiger partial charge on any atom is -1.00 e. The second-order valence-corrected chi connectivity index (χ2v) is 5.52. The molecule has 116 valence electrons. The normalized spacial score (nSPS) is 11.7. The quantitative estimate of drug-likeness (QED) is 0.290. The van der Waals surface area contributed by atoms with Crippen LogP contribution in [0.1, 0.15) is 85.4 Å². The first kappa shape index (κ1) is 22.9. The fraction of sp³-hybridized carbons (Fsp3) is 0.929. The van der Waals surface area contributed by atoms with Gasteiger partial charge in [-0.15, -0.1) is 0 Å². The molecule has 0 aliphatic rings. The van der Waals surface area contributed by atoms with Gasteiger partial charge >= 0.3 is 35.5 Å². The van der Waals surface area contributed by atoms with Crippen molar-refractivity contribution in [2.75, 3.05) is 0 Å². The molecule has 0 aromatic rings. The van der Waals surface area contributed by atoms with Gasteiger partial charge in [0.05, 0.1) is 0 Å². The summed E-state index contributed by atoms with van der Waals surface area (Å²) in [4.78, 5) is 10.9. The Bertz CT molecular complexity index is 255. The zero-order chi connectivity index (χ0) is 14.3. The third-order valence-electron chi connectivity index (χ3n) is 3.15. The molecule has 0 aromatic heterocycles. The van der Waals surface area contributed by atoms with Crippen LogP contribution in [-0.2, 0) is 20.3 Å². The Hall–Kier alpha value is 0.580. The van der Waals surface area contributed by atoms with Gasteiger partial charge < -0.3 is 10.2 Å². The molecule has 1 unspecified atom stereocenters. The predicted octanol–water partition coefficient (Wildman–Crippen LogP) is 1.14. The fourth-order valence-corrected chi connectivity index (χ4v) is 2.29. The van der Waals surface area contributed by atoms with Gasteiger partial charge in [-0.1, -0.05) is 71.1 Å². The smallest absolute Gasteiger partial charge is 1.00 e. The second-order valence-electron chi connectivity index (χ2n) is 4.94. The van der Waals surface area contributed by atoms with Gasteiger partial charge in [0.1, 0.15) is 11.4 Å². The predicted molar refractivity (Wildman–Crippen MR) is 77.2 cm³/mol. The minimum atomic E-state index is -2.71. The average Bonchev–Trinajstić information content (AvgIpc) is 2.35. The largest absolute Gasteiger partial charge is 1.00 e. The van der Waals surface area contributed by atoms with E-state index in [1.165, 1.54) is 51.4 Å². The summed E-state index contributed by atoms with van der Waals surface area (Å²) < 4.78 is 24.2. The number of carbonyl (C=O) groups excluding carboxylic acids is 1. The van der Waals surface area contributed by atoms with Crippen LogP contribution in [0, 0.1) is 0 Å². The molecule has 0 radical (unpaired) electrons. The number of unbranched alkanes of at least 4 members (excludes halogenated alkanes) is 10. The van der Waals surface area contributed by atoms with E-state index in [2.05, 4.69) is 11.1 Å². The topological polar surface area (TPSA) is 66.4 Å². The molecular weight excluding hydrogens is 287 g/mol. The van der Waals surface area contributed by atoms with E-state index in [4.69, 9.17) is 0 Å². The second kappa shape index (κ2) is 17.6. The van der Waals surface area contributed by atoms with Crippen LogP contribution >= 0.6 is 0 Å². The van der Waals surface area contributed by atoms with Gasteiger partial charge in [-0.3, -0.25) is 4.79 Å². The summed E-state index contributed by atoms with van der Waals surface area (Å²) in [5.74, 6) is -0.649. The molecule has 0 saturated carbocycles. The Labute approximate surface area is 149 Å². The molecule has 0 aliphatic carbocycles. The van der Waals surface area contributed by atoms with Crippen LogP contribution in [0.15, 0.2) is 0 Å². The van der Waals surface area contributed by atoms with Gasteiger partial charge in [-0.05, 0) is 6.42 Å². The molecule has 0 bridgehead atoms. The van der Waals surface area contributed by atoms with E-state index in [0.717, 1.165) is 12.8 Å². The zero-order valence-corrected chi connectivity index (χ0v) is 15.8. The maximum atomic E-state index is 10.9. The van der Waals surface area contributed by atoms with E-state index in [-0.39, 0.29) is 37.4 Å². The molecule has 1 atom stereocenters. The molecule has 0 N–H and O–H groups in total. The first-order valence-electron chi connectivity index (χ1n) is 7.47. The van der Waals surface area contributed by atoms with E-state index < -0.39 is 17.3 Å². The van der Waals surface area contributed by atoms with Crippen molar-refractivity contribution in [1.82, 2.24) is 0 Å². The maximum absolute atomic E-state index is 10.9. The molecular formula is C14H28NaO4S-. The van der Waals surface area contributed by atoms with Gasteiger partial charge in [-0.25, -0.2) is 4.21 Å². The van der Waals surface area contributed by atoms with Crippen LogP contribution in [0.25, 0.3) is 0 Å². The molecule has 0 amide bonds. The first-order chi connectivity index (χ1) is 9.16. The van der Waals surface area contributed by atoms with E-state index in [0.29, 0.717) is 6.42 Å². The first-order valence-corrected chi connectivity index (χ1v) is 8.47. The number of hydrogen-bond donors (Lipinski definition) is 0. The van der Waals surface area contributed by atoms with Gasteiger partial charge in [0.15, 0.2) is 0 Å². The van der Waals surface area contributed by atoms with Crippen LogP contribution in [0.2, 0.25) is 0 Å². The van der Waals surface area contributed by atoms with Crippen LogP contribution in [-0.4, -0.2) is 14.7 Å². The maximum Gasteiger partial charge on any atom is 1.00 e. The SMILES string of the molecule is CCCCCCCCCCCCCC(=O)OS(=O)[O-].[H-].[Na+]. The van der Waals surface area contributed by atoms with E-state index >= 15 is 0 Å². The monoisotopic (exact) mass is 315 g/mol. The number of hydrogen-bond acceptors (Lipinski definition) is 4. The Morgan fingerprint density at radius 2 is 1.35 bits per heavy atom. The van der Waals surface area contributed by atoms with Crippen molar-refractivity contribution < 1.29 is 48.7 Å². The molecule has 0 saturated heterocycles. The summed E-state index contributed by atoms with van der Waals surface area (Å²) in [6, 6.07) is 0. The van der Waals surface area contributed by atoms with Crippen molar-refractivity contribution in [2.45, 2.75) is 84.0 Å². The van der Waals surface area contributed by atoms with Crippen molar-refractivity contribution in [3.05, 3.63) is 0 Å². The summed E-state index contributed by atoms with van der Waals surface area (Å²) in [5, 5.41) is 0. The van der Waals surface area contributed by atoms with E-state index in [9.17, 15) is 13.6 Å².